The summed E-state index contributed by atoms with van der Waals surface area (Å²) in [5.41, 5.74) is 0.135. The number of hydrogen-bond acceptors (Lipinski definition) is 4. The molecule has 0 radical (unpaired) electrons. The van der Waals surface area contributed by atoms with E-state index in [0.29, 0.717) is 17.7 Å². The third-order valence-electron chi connectivity index (χ3n) is 5.81. The molecule has 1 aliphatic carbocycles. The summed E-state index contributed by atoms with van der Waals surface area (Å²) in [6.45, 7) is 6.85. The molecule has 1 saturated carbocycles. The van der Waals surface area contributed by atoms with E-state index in [4.69, 9.17) is 0 Å². The minimum atomic E-state index is -1.28. The molecule has 1 aliphatic heterocycles. The Morgan fingerprint density at radius 3 is 2.59 bits per heavy atom. The summed E-state index contributed by atoms with van der Waals surface area (Å²) in [7, 11) is 0. The first-order valence-corrected chi connectivity index (χ1v) is 9.42. The highest BCUT2D eigenvalue weighted by atomic mass is 19.1. The minimum absolute atomic E-state index is 0.0903. The Hall–Kier alpha value is -2.41. The van der Waals surface area contributed by atoms with E-state index in [0.717, 1.165) is 12.8 Å². The molecular formula is C20H24FN3O3. The fourth-order valence-corrected chi connectivity index (χ4v) is 4.08. The van der Waals surface area contributed by atoms with Crippen LogP contribution in [0.25, 0.3) is 10.9 Å². The van der Waals surface area contributed by atoms with Gasteiger partial charge in [-0.05, 0) is 45.7 Å². The number of nitrogens with one attached hydrogen (secondary N) is 1. The monoisotopic (exact) mass is 373 g/mol. The van der Waals surface area contributed by atoms with Crippen LogP contribution in [0.3, 0.4) is 0 Å². The fraction of sp³-hybridized carbons (Fsp3) is 0.500. The summed E-state index contributed by atoms with van der Waals surface area (Å²) >= 11 is 0. The second kappa shape index (κ2) is 6.34. The van der Waals surface area contributed by atoms with Crippen molar-refractivity contribution in [2.45, 2.75) is 57.8 Å². The first-order valence-electron chi connectivity index (χ1n) is 9.42. The van der Waals surface area contributed by atoms with E-state index in [1.807, 2.05) is 9.47 Å². The molecule has 27 heavy (non-hydrogen) atoms. The highest BCUT2D eigenvalue weighted by Gasteiger charge is 2.32. The van der Waals surface area contributed by atoms with E-state index in [1.165, 1.54) is 12.3 Å². The van der Waals surface area contributed by atoms with Crippen LogP contribution in [0.15, 0.2) is 23.1 Å². The van der Waals surface area contributed by atoms with E-state index in [-0.39, 0.29) is 35.1 Å². The van der Waals surface area contributed by atoms with Gasteiger partial charge in [-0.2, -0.15) is 0 Å². The van der Waals surface area contributed by atoms with Crippen molar-refractivity contribution in [1.29, 1.82) is 0 Å². The fourth-order valence-electron chi connectivity index (χ4n) is 4.08. The minimum Gasteiger partial charge on any atom is -0.477 e. The van der Waals surface area contributed by atoms with Gasteiger partial charge in [-0.25, -0.2) is 9.18 Å². The summed E-state index contributed by atoms with van der Waals surface area (Å²) in [4.78, 5) is 26.1. The van der Waals surface area contributed by atoms with Gasteiger partial charge in [-0.3, -0.25) is 4.79 Å². The Kier molecular flexibility index (Phi) is 4.22. The number of carboxylic acid groups (broad SMARTS) is 1. The molecule has 6 nitrogen and oxygen atoms in total. The van der Waals surface area contributed by atoms with Crippen molar-refractivity contribution < 1.29 is 14.3 Å². The van der Waals surface area contributed by atoms with Gasteiger partial charge in [-0.15, -0.1) is 0 Å². The molecule has 2 N–H and O–H groups in total. The van der Waals surface area contributed by atoms with Crippen LogP contribution in [0.2, 0.25) is 0 Å². The maximum atomic E-state index is 15.0. The first kappa shape index (κ1) is 18.0. The van der Waals surface area contributed by atoms with Gasteiger partial charge in [0.15, 0.2) is 0 Å². The first-order chi connectivity index (χ1) is 12.8. The zero-order chi connectivity index (χ0) is 19.5. The van der Waals surface area contributed by atoms with Crippen molar-refractivity contribution >= 4 is 22.6 Å². The number of benzene rings is 1. The van der Waals surface area contributed by atoms with Crippen molar-refractivity contribution in [3.63, 3.8) is 0 Å². The molecule has 4 rings (SSSR count). The molecule has 0 spiro atoms. The van der Waals surface area contributed by atoms with Crippen LogP contribution in [-0.4, -0.2) is 40.3 Å². The van der Waals surface area contributed by atoms with E-state index >= 15 is 4.39 Å². The quantitative estimate of drug-likeness (QED) is 0.865. The predicted molar refractivity (Wildman–Crippen MR) is 102 cm³/mol. The van der Waals surface area contributed by atoms with Crippen LogP contribution in [0.4, 0.5) is 10.1 Å². The second-order valence-electron chi connectivity index (χ2n) is 7.89. The Labute approximate surface area is 156 Å². The van der Waals surface area contributed by atoms with Gasteiger partial charge in [0, 0.05) is 42.3 Å². The molecule has 2 aliphatic rings. The maximum Gasteiger partial charge on any atom is 0.341 e. The molecule has 7 heteroatoms. The summed E-state index contributed by atoms with van der Waals surface area (Å²) in [6.07, 6.45) is 3.28. The predicted octanol–water partition coefficient (Wildman–Crippen LogP) is 2.75. The van der Waals surface area contributed by atoms with Crippen molar-refractivity contribution in [3.05, 3.63) is 39.9 Å². The zero-order valence-corrected chi connectivity index (χ0v) is 15.7. The number of halogens is 1. The summed E-state index contributed by atoms with van der Waals surface area (Å²) in [5.74, 6) is -1.77. The molecule has 0 amide bonds. The number of anilines is 1. The molecule has 1 aromatic heterocycles. The van der Waals surface area contributed by atoms with Crippen LogP contribution in [0.5, 0.6) is 0 Å². The molecule has 144 valence electrons. The molecule has 1 aromatic carbocycles. The van der Waals surface area contributed by atoms with Gasteiger partial charge in [-0.1, -0.05) is 0 Å². The van der Waals surface area contributed by atoms with Crippen molar-refractivity contribution in [2.24, 2.45) is 0 Å². The largest absolute Gasteiger partial charge is 0.477 e. The number of piperazine rings is 1. The Bertz CT molecular complexity index is 983. The molecule has 0 bridgehead atoms. The lowest BCUT2D eigenvalue weighted by atomic mass is 10.0. The number of carbonyl (C=O) groups is 1. The van der Waals surface area contributed by atoms with E-state index in [1.54, 1.807) is 6.07 Å². The van der Waals surface area contributed by atoms with Crippen LogP contribution in [-0.2, 0) is 0 Å². The van der Waals surface area contributed by atoms with Gasteiger partial charge >= 0.3 is 5.97 Å². The van der Waals surface area contributed by atoms with Crippen molar-refractivity contribution in [1.82, 2.24) is 9.88 Å². The van der Waals surface area contributed by atoms with Crippen LogP contribution in [0.1, 0.15) is 50.0 Å². The molecule has 2 fully saturated rings. The van der Waals surface area contributed by atoms with Crippen molar-refractivity contribution in [2.75, 3.05) is 11.4 Å². The smallest absolute Gasteiger partial charge is 0.341 e. The summed E-state index contributed by atoms with van der Waals surface area (Å²) in [6, 6.07) is 3.60. The van der Waals surface area contributed by atoms with Gasteiger partial charge in [0.05, 0.1) is 11.2 Å². The average Bonchev–Trinajstić information content (AvgIpc) is 3.43. The van der Waals surface area contributed by atoms with E-state index in [9.17, 15) is 14.7 Å². The molecule has 2 aromatic rings. The standard InChI is InChI=1S/C20H24FN3O3/c1-10-8-23(12(3)11(2)22-10)18-7-17-14(6-16(18)21)19(25)15(20(26)27)9-24(17)13-4-5-13/h6-7,9-13,22H,4-5,8H2,1-3H3,(H,26,27). The molecule has 3 atom stereocenters. The second-order valence-corrected chi connectivity index (χ2v) is 7.89. The summed E-state index contributed by atoms with van der Waals surface area (Å²) < 4.78 is 16.9. The number of fused-ring (bicyclic) bond motifs is 1. The number of carboxylic acids is 1. The molecule has 3 unspecified atom stereocenters. The van der Waals surface area contributed by atoms with Gasteiger partial charge < -0.3 is 19.9 Å². The zero-order valence-electron chi connectivity index (χ0n) is 15.7. The average molecular weight is 373 g/mol. The third-order valence-corrected chi connectivity index (χ3v) is 5.81. The Morgan fingerprint density at radius 2 is 1.96 bits per heavy atom. The lowest BCUT2D eigenvalue weighted by Crippen LogP contribution is -2.59. The topological polar surface area (TPSA) is 74.6 Å². The SMILES string of the molecule is CC1CN(c2cc3c(cc2F)c(=O)c(C(=O)O)cn3C2CC2)C(C)C(C)N1. The van der Waals surface area contributed by atoms with Crippen molar-refractivity contribution in [3.8, 4) is 0 Å². The number of hydrogen-bond donors (Lipinski definition) is 2. The lowest BCUT2D eigenvalue weighted by molar-refractivity contribution is 0.0695. The van der Waals surface area contributed by atoms with Gasteiger partial charge in [0.1, 0.15) is 11.4 Å². The van der Waals surface area contributed by atoms with E-state index < -0.39 is 17.2 Å². The highest BCUT2D eigenvalue weighted by Crippen LogP contribution is 2.38. The molecule has 2 heterocycles. The van der Waals surface area contributed by atoms with E-state index in [2.05, 4.69) is 26.1 Å². The van der Waals surface area contributed by atoms with Crippen LogP contribution < -0.4 is 15.6 Å². The number of aromatic nitrogens is 1. The Morgan fingerprint density at radius 1 is 1.26 bits per heavy atom. The van der Waals surface area contributed by atoms with Crippen LogP contribution in [0, 0.1) is 5.82 Å². The summed E-state index contributed by atoms with van der Waals surface area (Å²) in [5, 5.41) is 13.0. The highest BCUT2D eigenvalue weighted by molar-refractivity contribution is 5.93. The number of rotatable bonds is 3. The van der Waals surface area contributed by atoms with Gasteiger partial charge in [0.25, 0.3) is 0 Å². The number of nitrogens with zero attached hydrogens (tertiary/aromatic N) is 2. The number of pyridine rings is 1. The van der Waals surface area contributed by atoms with Crippen LogP contribution >= 0.6 is 0 Å². The maximum absolute atomic E-state index is 15.0. The number of aromatic carboxylic acids is 1. The molecule has 1 saturated heterocycles. The lowest BCUT2D eigenvalue weighted by Gasteiger charge is -2.43. The Balaban J connectivity index is 1.93. The third kappa shape index (κ3) is 3.00. The molecular weight excluding hydrogens is 349 g/mol. The normalized spacial score (nSPS) is 25.8. The van der Waals surface area contributed by atoms with Gasteiger partial charge in [0.2, 0.25) is 5.43 Å².